The molecule has 7 nitrogen and oxygen atoms in total. The largest absolute Gasteiger partial charge is 0.488 e. The summed E-state index contributed by atoms with van der Waals surface area (Å²) in [6.07, 6.45) is -4.59. The number of nitrogens with one attached hydrogen (secondary N) is 2. The van der Waals surface area contributed by atoms with Crippen LogP contribution >= 0.6 is 0 Å². The van der Waals surface area contributed by atoms with Gasteiger partial charge in [-0.25, -0.2) is 4.79 Å². The lowest BCUT2D eigenvalue weighted by Gasteiger charge is -2.16. The smallest absolute Gasteiger partial charge is 0.419 e. The van der Waals surface area contributed by atoms with E-state index in [1.54, 1.807) is 25.2 Å². The first kappa shape index (κ1) is 23.7. The van der Waals surface area contributed by atoms with Crippen molar-refractivity contribution in [2.45, 2.75) is 32.5 Å². The van der Waals surface area contributed by atoms with Gasteiger partial charge in [-0.3, -0.25) is 9.36 Å². The molecular formula is C26H22F3N3O4. The fourth-order valence-corrected chi connectivity index (χ4v) is 4.17. The van der Waals surface area contributed by atoms with Crippen LogP contribution in [0.5, 0.6) is 5.75 Å². The van der Waals surface area contributed by atoms with Crippen LogP contribution in [0.15, 0.2) is 59.4 Å². The highest BCUT2D eigenvalue weighted by molar-refractivity contribution is 5.97. The minimum Gasteiger partial charge on any atom is -0.488 e. The van der Waals surface area contributed by atoms with Gasteiger partial charge in [0.05, 0.1) is 29.8 Å². The maximum absolute atomic E-state index is 13.6. The zero-order chi connectivity index (χ0) is 25.4. The first-order valence-electron chi connectivity index (χ1n) is 11.2. The third-order valence-electron chi connectivity index (χ3n) is 6.15. The van der Waals surface area contributed by atoms with Crippen LogP contribution in [0.4, 0.5) is 13.2 Å². The van der Waals surface area contributed by atoms with E-state index in [1.807, 2.05) is 18.2 Å². The van der Waals surface area contributed by atoms with Crippen LogP contribution < -0.4 is 15.7 Å². The minimum absolute atomic E-state index is 0.00708. The lowest BCUT2D eigenvalue weighted by molar-refractivity contribution is -0.139. The summed E-state index contributed by atoms with van der Waals surface area (Å²) in [6.45, 7) is 0.952. The fourth-order valence-electron chi connectivity index (χ4n) is 4.17. The van der Waals surface area contributed by atoms with E-state index in [9.17, 15) is 22.8 Å². The van der Waals surface area contributed by atoms with E-state index in [-0.39, 0.29) is 24.6 Å². The van der Waals surface area contributed by atoms with E-state index in [0.29, 0.717) is 35.4 Å². The van der Waals surface area contributed by atoms with Crippen molar-refractivity contribution in [3.8, 4) is 5.75 Å². The van der Waals surface area contributed by atoms with Crippen molar-refractivity contribution in [1.82, 2.24) is 14.9 Å². The van der Waals surface area contributed by atoms with E-state index in [2.05, 4.69) is 10.3 Å². The Balaban J connectivity index is 1.31. The summed E-state index contributed by atoms with van der Waals surface area (Å²) in [6, 6.07) is 13.9. The molecule has 10 heteroatoms. The zero-order valence-electron chi connectivity index (χ0n) is 19.2. The minimum atomic E-state index is -4.59. The van der Waals surface area contributed by atoms with Gasteiger partial charge < -0.3 is 19.8 Å². The second-order valence-corrected chi connectivity index (χ2v) is 8.62. The standard InChI is InChI=1S/C26H22F3N3O4/c1-32-22-7-5-17(10-21(22)31-25(32)34)24(33)30-11-15-3-6-20(26(27,28)29)23(9-15)36-12-16-2-4-18-13-35-14-19(18)8-16/h2-10H,11-14H2,1H3,(H,30,33)(H,31,34). The third-order valence-corrected chi connectivity index (χ3v) is 6.15. The molecule has 1 aromatic heterocycles. The average Bonchev–Trinajstić information content (AvgIpc) is 3.43. The number of rotatable bonds is 6. The SMILES string of the molecule is Cn1c(=O)[nH]c2cc(C(=O)NCc3ccc(C(F)(F)F)c(OCc4ccc5c(c4)COC5)c3)ccc21. The van der Waals surface area contributed by atoms with E-state index < -0.39 is 17.6 Å². The summed E-state index contributed by atoms with van der Waals surface area (Å²) in [5, 5.41) is 2.70. The van der Waals surface area contributed by atoms with Crippen molar-refractivity contribution in [2.24, 2.45) is 7.05 Å². The Labute approximate surface area is 203 Å². The Morgan fingerprint density at radius 3 is 2.64 bits per heavy atom. The predicted molar refractivity (Wildman–Crippen MR) is 125 cm³/mol. The van der Waals surface area contributed by atoms with Crippen molar-refractivity contribution in [1.29, 1.82) is 0 Å². The van der Waals surface area contributed by atoms with Gasteiger partial charge >= 0.3 is 11.9 Å². The maximum atomic E-state index is 13.6. The van der Waals surface area contributed by atoms with Crippen LogP contribution in [0.3, 0.4) is 0 Å². The molecule has 1 amide bonds. The third kappa shape index (κ3) is 4.72. The Kier molecular flexibility index (Phi) is 6.05. The van der Waals surface area contributed by atoms with Gasteiger partial charge in [0, 0.05) is 19.2 Å². The number of carbonyl (C=O) groups excluding carboxylic acids is 1. The highest BCUT2D eigenvalue weighted by Gasteiger charge is 2.34. The number of hydrogen-bond acceptors (Lipinski definition) is 4. The van der Waals surface area contributed by atoms with Gasteiger partial charge in [0.1, 0.15) is 12.4 Å². The number of nitrogens with zero attached hydrogens (tertiary/aromatic N) is 1. The van der Waals surface area contributed by atoms with Crippen molar-refractivity contribution >= 4 is 16.9 Å². The van der Waals surface area contributed by atoms with Gasteiger partial charge in [-0.2, -0.15) is 13.2 Å². The van der Waals surface area contributed by atoms with Crippen LogP contribution in [0.25, 0.3) is 11.0 Å². The van der Waals surface area contributed by atoms with E-state index >= 15 is 0 Å². The summed E-state index contributed by atoms with van der Waals surface area (Å²) < 4.78 is 53.2. The first-order valence-corrected chi connectivity index (χ1v) is 11.2. The molecule has 186 valence electrons. The van der Waals surface area contributed by atoms with Gasteiger partial charge in [-0.05, 0) is 58.7 Å². The number of halogens is 3. The number of carbonyl (C=O) groups is 1. The van der Waals surface area contributed by atoms with Crippen molar-refractivity contribution < 1.29 is 27.4 Å². The highest BCUT2D eigenvalue weighted by Crippen LogP contribution is 2.37. The van der Waals surface area contributed by atoms with E-state index in [1.165, 1.54) is 16.7 Å². The number of benzene rings is 3. The van der Waals surface area contributed by atoms with Crippen molar-refractivity contribution in [3.05, 3.63) is 98.5 Å². The molecule has 3 aromatic carbocycles. The molecule has 1 aliphatic rings. The Morgan fingerprint density at radius 2 is 1.83 bits per heavy atom. The summed E-state index contributed by atoms with van der Waals surface area (Å²) >= 11 is 0. The summed E-state index contributed by atoms with van der Waals surface area (Å²) in [7, 11) is 1.62. The van der Waals surface area contributed by atoms with Crippen LogP contribution in [-0.2, 0) is 44.3 Å². The van der Waals surface area contributed by atoms with Crippen molar-refractivity contribution in [3.63, 3.8) is 0 Å². The van der Waals surface area contributed by atoms with Crippen LogP contribution in [-0.4, -0.2) is 15.5 Å². The number of imidazole rings is 1. The first-order chi connectivity index (χ1) is 17.2. The monoisotopic (exact) mass is 497 g/mol. The Morgan fingerprint density at radius 1 is 1.06 bits per heavy atom. The fraction of sp³-hybridized carbons (Fsp3) is 0.231. The molecule has 0 atom stereocenters. The number of fused-ring (bicyclic) bond motifs is 2. The highest BCUT2D eigenvalue weighted by atomic mass is 19.4. The molecule has 0 saturated carbocycles. The van der Waals surface area contributed by atoms with Crippen LogP contribution in [0.1, 0.15) is 38.2 Å². The summed E-state index contributed by atoms with van der Waals surface area (Å²) in [4.78, 5) is 27.1. The molecule has 4 aromatic rings. The molecule has 0 fully saturated rings. The van der Waals surface area contributed by atoms with E-state index in [4.69, 9.17) is 9.47 Å². The lowest BCUT2D eigenvalue weighted by atomic mass is 10.1. The normalized spacial score (nSPS) is 13.1. The number of hydrogen-bond donors (Lipinski definition) is 2. The number of aromatic nitrogens is 2. The molecule has 2 heterocycles. The number of ether oxygens (including phenoxy) is 2. The number of aromatic amines is 1. The zero-order valence-corrected chi connectivity index (χ0v) is 19.2. The molecule has 2 N–H and O–H groups in total. The Bertz CT molecular complexity index is 1520. The van der Waals surface area contributed by atoms with Gasteiger partial charge in [0.2, 0.25) is 0 Å². The van der Waals surface area contributed by atoms with Gasteiger partial charge in [0.25, 0.3) is 5.91 Å². The molecule has 0 radical (unpaired) electrons. The molecule has 0 saturated heterocycles. The lowest BCUT2D eigenvalue weighted by Crippen LogP contribution is -2.23. The molecule has 36 heavy (non-hydrogen) atoms. The van der Waals surface area contributed by atoms with Gasteiger partial charge in [-0.1, -0.05) is 18.2 Å². The Hall–Kier alpha value is -4.05. The van der Waals surface area contributed by atoms with Gasteiger partial charge in [-0.15, -0.1) is 0 Å². The quantitative estimate of drug-likeness (QED) is 0.413. The second-order valence-electron chi connectivity index (χ2n) is 8.62. The maximum Gasteiger partial charge on any atom is 0.419 e. The second kappa shape index (κ2) is 9.19. The molecule has 0 spiro atoms. The molecule has 0 aliphatic carbocycles. The van der Waals surface area contributed by atoms with Crippen molar-refractivity contribution in [2.75, 3.05) is 0 Å². The van der Waals surface area contributed by atoms with Gasteiger partial charge in [0.15, 0.2) is 0 Å². The number of alkyl halides is 3. The molecular weight excluding hydrogens is 475 g/mol. The molecule has 0 unspecified atom stereocenters. The summed E-state index contributed by atoms with van der Waals surface area (Å²) in [5.74, 6) is -0.737. The molecule has 5 rings (SSSR count). The molecule has 0 bridgehead atoms. The summed E-state index contributed by atoms with van der Waals surface area (Å²) in [5.41, 5.74) is 3.53. The van der Waals surface area contributed by atoms with Crippen LogP contribution in [0, 0.1) is 0 Å². The predicted octanol–water partition coefficient (Wildman–Crippen LogP) is 4.42. The average molecular weight is 497 g/mol. The van der Waals surface area contributed by atoms with E-state index in [0.717, 1.165) is 22.8 Å². The number of aryl methyl sites for hydroxylation is 1. The topological polar surface area (TPSA) is 85.4 Å². The number of amides is 1. The molecule has 1 aliphatic heterocycles. The van der Waals surface area contributed by atoms with Crippen LogP contribution in [0.2, 0.25) is 0 Å². The number of H-pyrrole nitrogens is 1.